The molecular weight excluding hydrogens is 422 g/mol. The summed E-state index contributed by atoms with van der Waals surface area (Å²) >= 11 is 1.57. The molecule has 4 heterocycles. The van der Waals surface area contributed by atoms with Crippen molar-refractivity contribution in [3.63, 3.8) is 0 Å². The smallest absolute Gasteiger partial charge is 0.218 e. The first-order valence-electron chi connectivity index (χ1n) is 10.5. The molecule has 4 aromatic heterocycles. The van der Waals surface area contributed by atoms with E-state index in [9.17, 15) is 0 Å². The highest BCUT2D eigenvalue weighted by Crippen LogP contribution is 2.46. The average molecular weight is 446 g/mol. The van der Waals surface area contributed by atoms with Crippen molar-refractivity contribution in [2.45, 2.75) is 32.7 Å². The lowest BCUT2D eigenvalue weighted by atomic mass is 10.1. The van der Waals surface area contributed by atoms with Crippen LogP contribution >= 0.6 is 11.3 Å². The molecule has 4 aromatic rings. The number of rotatable bonds is 8. The normalized spacial score (nSPS) is 17.2. The van der Waals surface area contributed by atoms with Gasteiger partial charge >= 0.3 is 0 Å². The Hall–Kier alpha value is -3.46. The summed E-state index contributed by atoms with van der Waals surface area (Å²) in [5, 5.41) is 13.3. The van der Waals surface area contributed by atoms with Gasteiger partial charge in [0.05, 0.1) is 13.2 Å². The third-order valence-corrected chi connectivity index (χ3v) is 6.19. The summed E-state index contributed by atoms with van der Waals surface area (Å²) in [7, 11) is 0. The molecular formula is C23H23N7OS. The van der Waals surface area contributed by atoms with Crippen molar-refractivity contribution in [1.82, 2.24) is 30.1 Å². The third-order valence-electron chi connectivity index (χ3n) is 5.35. The number of aromatic nitrogens is 6. The Kier molecular flexibility index (Phi) is 5.72. The van der Waals surface area contributed by atoms with Gasteiger partial charge in [-0.2, -0.15) is 4.98 Å². The fourth-order valence-electron chi connectivity index (χ4n) is 3.61. The molecule has 0 bridgehead atoms. The molecule has 1 N–H and O–H groups in total. The Balaban J connectivity index is 1.16. The summed E-state index contributed by atoms with van der Waals surface area (Å²) in [6.07, 6.45) is 6.61. The first-order valence-corrected chi connectivity index (χ1v) is 11.3. The Morgan fingerprint density at radius 1 is 1.06 bits per heavy atom. The maximum atomic E-state index is 6.00. The molecule has 1 aliphatic carbocycles. The van der Waals surface area contributed by atoms with Gasteiger partial charge in [0.15, 0.2) is 0 Å². The van der Waals surface area contributed by atoms with Crippen molar-refractivity contribution < 1.29 is 4.74 Å². The number of hydrogen-bond acceptors (Lipinski definition) is 9. The molecule has 5 rings (SSSR count). The van der Waals surface area contributed by atoms with Crippen molar-refractivity contribution in [2.75, 3.05) is 11.9 Å². The topological polar surface area (TPSA) is 98.6 Å². The fourth-order valence-corrected chi connectivity index (χ4v) is 4.25. The van der Waals surface area contributed by atoms with Crippen molar-refractivity contribution >= 4 is 17.2 Å². The molecule has 0 aliphatic heterocycles. The van der Waals surface area contributed by atoms with Crippen LogP contribution in [0.2, 0.25) is 0 Å². The molecule has 0 aromatic carbocycles. The number of nitrogens with one attached hydrogen (secondary N) is 1. The summed E-state index contributed by atoms with van der Waals surface area (Å²) in [5.74, 6) is 2.85. The van der Waals surface area contributed by atoms with E-state index in [0.29, 0.717) is 36.7 Å². The van der Waals surface area contributed by atoms with E-state index in [1.54, 1.807) is 23.7 Å². The van der Waals surface area contributed by atoms with Crippen molar-refractivity contribution in [3.8, 4) is 17.0 Å². The lowest BCUT2D eigenvalue weighted by Crippen LogP contribution is -2.07. The minimum Gasteiger partial charge on any atom is -0.477 e. The highest BCUT2D eigenvalue weighted by molar-refractivity contribution is 7.11. The van der Waals surface area contributed by atoms with E-state index in [4.69, 9.17) is 4.74 Å². The number of ether oxygens (including phenoxy) is 1. The molecule has 32 heavy (non-hydrogen) atoms. The van der Waals surface area contributed by atoms with Crippen LogP contribution in [0, 0.1) is 19.8 Å². The number of pyridine rings is 2. The van der Waals surface area contributed by atoms with E-state index in [2.05, 4.69) is 47.6 Å². The second-order valence-corrected chi connectivity index (χ2v) is 9.09. The van der Waals surface area contributed by atoms with Crippen molar-refractivity contribution in [2.24, 2.45) is 5.92 Å². The zero-order valence-electron chi connectivity index (χ0n) is 17.9. The van der Waals surface area contributed by atoms with Gasteiger partial charge in [-0.05, 0) is 44.0 Å². The standard InChI is InChI=1S/C23H23N7OS/c1-14-27-21(26-12-23-30-29-15(2)32-23)10-22(28-14)31-13-18-9-19(18)20-4-3-17(11-25-20)16-5-7-24-8-6-16/h3-8,10-11,18-19H,9,12-13H2,1-2H3,(H,26,27,28)/t18-,19+/m1/s1. The van der Waals surface area contributed by atoms with Gasteiger partial charge in [-0.3, -0.25) is 9.97 Å². The minimum atomic E-state index is 0.433. The van der Waals surface area contributed by atoms with Crippen molar-refractivity contribution in [3.05, 3.63) is 70.5 Å². The SMILES string of the molecule is Cc1nc(NCc2nnc(C)s2)cc(OC[C@H]2C[C@@H]2c2ccc(-c3ccncc3)cn2)n1. The Bertz CT molecular complexity index is 1200. The molecule has 1 fully saturated rings. The molecule has 1 aliphatic rings. The summed E-state index contributed by atoms with van der Waals surface area (Å²) in [5.41, 5.74) is 3.34. The van der Waals surface area contributed by atoms with Crippen LogP contribution in [-0.4, -0.2) is 36.7 Å². The largest absolute Gasteiger partial charge is 0.477 e. The number of nitrogens with zero attached hydrogens (tertiary/aromatic N) is 6. The van der Waals surface area contributed by atoms with Crippen LogP contribution < -0.4 is 10.1 Å². The molecule has 0 amide bonds. The van der Waals surface area contributed by atoms with E-state index >= 15 is 0 Å². The maximum absolute atomic E-state index is 6.00. The molecule has 0 saturated heterocycles. The summed E-state index contributed by atoms with van der Waals surface area (Å²) in [6.45, 7) is 5.00. The highest BCUT2D eigenvalue weighted by atomic mass is 32.1. The molecule has 8 nitrogen and oxygen atoms in total. The van der Waals surface area contributed by atoms with E-state index in [-0.39, 0.29) is 0 Å². The van der Waals surface area contributed by atoms with Gasteiger partial charge in [0.25, 0.3) is 0 Å². The van der Waals surface area contributed by atoms with E-state index in [1.165, 1.54) is 0 Å². The summed E-state index contributed by atoms with van der Waals surface area (Å²) < 4.78 is 6.00. The lowest BCUT2D eigenvalue weighted by Gasteiger charge is -2.09. The van der Waals surface area contributed by atoms with Gasteiger partial charge in [0.1, 0.15) is 21.7 Å². The first kappa shape index (κ1) is 20.4. The monoisotopic (exact) mass is 445 g/mol. The minimum absolute atomic E-state index is 0.433. The predicted octanol–water partition coefficient (Wildman–Crippen LogP) is 4.20. The number of aryl methyl sites for hydroxylation is 2. The van der Waals surface area contributed by atoms with Crippen LogP contribution in [0.5, 0.6) is 5.88 Å². The van der Waals surface area contributed by atoms with E-state index in [1.807, 2.05) is 38.2 Å². The van der Waals surface area contributed by atoms with Gasteiger partial charge in [-0.1, -0.05) is 17.4 Å². The van der Waals surface area contributed by atoms with Crippen LogP contribution in [0.3, 0.4) is 0 Å². The van der Waals surface area contributed by atoms with Crippen LogP contribution in [-0.2, 0) is 6.54 Å². The van der Waals surface area contributed by atoms with E-state index < -0.39 is 0 Å². The quantitative estimate of drug-likeness (QED) is 0.431. The maximum Gasteiger partial charge on any atom is 0.218 e. The summed E-state index contributed by atoms with van der Waals surface area (Å²) in [6, 6.07) is 10.1. The van der Waals surface area contributed by atoms with Gasteiger partial charge in [-0.15, -0.1) is 10.2 Å². The summed E-state index contributed by atoms with van der Waals surface area (Å²) in [4.78, 5) is 17.6. The first-order chi connectivity index (χ1) is 15.6. The zero-order valence-corrected chi connectivity index (χ0v) is 18.7. The number of hydrogen-bond donors (Lipinski definition) is 1. The fraction of sp³-hybridized carbons (Fsp3) is 0.304. The molecule has 0 unspecified atom stereocenters. The van der Waals surface area contributed by atoms with E-state index in [0.717, 1.165) is 39.1 Å². The average Bonchev–Trinajstić information content (AvgIpc) is 3.48. The van der Waals surface area contributed by atoms with Gasteiger partial charge in [0.2, 0.25) is 5.88 Å². The highest BCUT2D eigenvalue weighted by Gasteiger charge is 2.40. The Morgan fingerprint density at radius 3 is 2.69 bits per heavy atom. The lowest BCUT2D eigenvalue weighted by molar-refractivity contribution is 0.284. The molecule has 9 heteroatoms. The van der Waals surface area contributed by atoms with Crippen LogP contribution in [0.25, 0.3) is 11.1 Å². The molecule has 0 spiro atoms. The van der Waals surface area contributed by atoms with Crippen LogP contribution in [0.1, 0.15) is 33.9 Å². The number of anilines is 1. The van der Waals surface area contributed by atoms with Crippen molar-refractivity contribution in [1.29, 1.82) is 0 Å². The van der Waals surface area contributed by atoms with Gasteiger partial charge < -0.3 is 10.1 Å². The molecule has 2 atom stereocenters. The third kappa shape index (κ3) is 4.88. The van der Waals surface area contributed by atoms with Crippen LogP contribution in [0.15, 0.2) is 48.9 Å². The Labute approximate surface area is 190 Å². The molecule has 0 radical (unpaired) electrons. The Morgan fingerprint density at radius 2 is 1.94 bits per heavy atom. The second kappa shape index (κ2) is 8.96. The van der Waals surface area contributed by atoms with Gasteiger partial charge in [-0.25, -0.2) is 4.98 Å². The molecule has 162 valence electrons. The second-order valence-electron chi connectivity index (χ2n) is 7.83. The van der Waals surface area contributed by atoms with Crippen LogP contribution in [0.4, 0.5) is 5.82 Å². The predicted molar refractivity (Wildman–Crippen MR) is 123 cm³/mol. The molecule has 1 saturated carbocycles. The van der Waals surface area contributed by atoms with Gasteiger partial charge in [0, 0.05) is 47.8 Å². The zero-order chi connectivity index (χ0) is 21.9.